The van der Waals surface area contributed by atoms with Gasteiger partial charge in [-0.3, -0.25) is 4.79 Å². The minimum absolute atomic E-state index is 0.183. The van der Waals surface area contributed by atoms with Crippen molar-refractivity contribution in [1.29, 1.82) is 0 Å². The summed E-state index contributed by atoms with van der Waals surface area (Å²) in [5, 5.41) is 0. The molecule has 4 unspecified atom stereocenters. The summed E-state index contributed by atoms with van der Waals surface area (Å²) in [6, 6.07) is 0.262. The van der Waals surface area contributed by atoms with Crippen LogP contribution in [-0.4, -0.2) is 29.9 Å². The van der Waals surface area contributed by atoms with Gasteiger partial charge >= 0.3 is 0 Å². The van der Waals surface area contributed by atoms with Gasteiger partial charge in [-0.2, -0.15) is 0 Å². The molecule has 2 aliphatic rings. The monoisotopic (exact) mass is 252 g/mol. The van der Waals surface area contributed by atoms with Gasteiger partial charge in [-0.25, -0.2) is 0 Å². The lowest BCUT2D eigenvalue weighted by Gasteiger charge is -2.22. The lowest BCUT2D eigenvalue weighted by atomic mass is 10.0. The molecule has 1 aliphatic heterocycles. The molecule has 0 aromatic heterocycles. The molecule has 3 heteroatoms. The van der Waals surface area contributed by atoms with Crippen molar-refractivity contribution in [3.05, 3.63) is 0 Å². The van der Waals surface area contributed by atoms with Crippen LogP contribution in [0, 0.1) is 17.8 Å². The molecule has 104 valence electrons. The lowest BCUT2D eigenvalue weighted by molar-refractivity contribution is -0.134. The van der Waals surface area contributed by atoms with E-state index in [4.69, 9.17) is 5.73 Å². The minimum atomic E-state index is 0.183. The van der Waals surface area contributed by atoms with E-state index in [0.29, 0.717) is 5.91 Å². The summed E-state index contributed by atoms with van der Waals surface area (Å²) < 4.78 is 0. The second-order valence-corrected chi connectivity index (χ2v) is 6.50. The maximum absolute atomic E-state index is 12.3. The van der Waals surface area contributed by atoms with E-state index >= 15 is 0 Å². The van der Waals surface area contributed by atoms with Gasteiger partial charge in [0.25, 0.3) is 0 Å². The number of carbonyl (C=O) groups excluding carboxylic acids is 1. The highest BCUT2D eigenvalue weighted by molar-refractivity contribution is 5.78. The Morgan fingerprint density at radius 3 is 2.39 bits per heavy atom. The van der Waals surface area contributed by atoms with Crippen molar-refractivity contribution in [3.8, 4) is 0 Å². The fourth-order valence-corrected chi connectivity index (χ4v) is 3.60. The van der Waals surface area contributed by atoms with Crippen LogP contribution in [0.5, 0.6) is 0 Å². The van der Waals surface area contributed by atoms with Gasteiger partial charge < -0.3 is 10.6 Å². The minimum Gasteiger partial charge on any atom is -0.342 e. The van der Waals surface area contributed by atoms with Gasteiger partial charge in [-0.05, 0) is 44.4 Å². The predicted molar refractivity (Wildman–Crippen MR) is 74.1 cm³/mol. The summed E-state index contributed by atoms with van der Waals surface area (Å²) in [4.78, 5) is 14.5. The van der Waals surface area contributed by atoms with E-state index in [1.165, 1.54) is 19.3 Å². The second kappa shape index (κ2) is 6.05. The third kappa shape index (κ3) is 3.25. The summed E-state index contributed by atoms with van der Waals surface area (Å²) in [7, 11) is 0. The van der Waals surface area contributed by atoms with E-state index in [0.717, 1.165) is 44.2 Å². The molecule has 0 aromatic rings. The molecule has 1 saturated carbocycles. The first-order valence-electron chi connectivity index (χ1n) is 7.62. The first-order chi connectivity index (χ1) is 8.58. The van der Waals surface area contributed by atoms with E-state index in [2.05, 4.69) is 11.8 Å². The number of carbonyl (C=O) groups is 1. The largest absolute Gasteiger partial charge is 0.342 e. The van der Waals surface area contributed by atoms with Crippen LogP contribution in [0.1, 0.15) is 52.4 Å². The molecule has 2 N–H and O–H groups in total. The van der Waals surface area contributed by atoms with E-state index in [9.17, 15) is 4.79 Å². The number of nitrogens with zero attached hydrogens (tertiary/aromatic N) is 1. The van der Waals surface area contributed by atoms with E-state index in [-0.39, 0.29) is 12.0 Å². The Morgan fingerprint density at radius 2 is 1.83 bits per heavy atom. The van der Waals surface area contributed by atoms with E-state index in [1.54, 1.807) is 0 Å². The number of fused-ring (bicyclic) bond motifs is 1. The normalized spacial score (nSPS) is 30.3. The Hall–Kier alpha value is -0.570. The summed E-state index contributed by atoms with van der Waals surface area (Å²) in [6.45, 7) is 6.17. The predicted octanol–water partition coefficient (Wildman–Crippen LogP) is 2.40. The molecule has 1 saturated heterocycles. The number of hydrogen-bond acceptors (Lipinski definition) is 2. The number of rotatable bonds is 5. The molecule has 1 heterocycles. The lowest BCUT2D eigenvalue weighted by Crippen LogP contribution is -2.34. The molecule has 2 rings (SSSR count). The fourth-order valence-electron chi connectivity index (χ4n) is 3.60. The van der Waals surface area contributed by atoms with Gasteiger partial charge in [0.15, 0.2) is 0 Å². The standard InChI is InChI=1S/C15H28N2O/c1-11(5-3-6-12(2)16)15(18)17-9-13-7-4-8-14(13)10-17/h11-14H,3-10,16H2,1-2H3. The van der Waals surface area contributed by atoms with Crippen molar-refractivity contribution in [2.45, 2.75) is 58.4 Å². The SMILES string of the molecule is CC(N)CCCC(C)C(=O)N1CC2CCCC2C1. The van der Waals surface area contributed by atoms with Crippen LogP contribution in [0.15, 0.2) is 0 Å². The van der Waals surface area contributed by atoms with Crippen LogP contribution in [0.4, 0.5) is 0 Å². The van der Waals surface area contributed by atoms with Gasteiger partial charge in [0, 0.05) is 25.0 Å². The molecule has 0 bridgehead atoms. The highest BCUT2D eigenvalue weighted by atomic mass is 16.2. The molecular weight excluding hydrogens is 224 g/mol. The first kappa shape index (κ1) is 13.9. The molecule has 0 aromatic carbocycles. The Labute approximate surface area is 111 Å². The zero-order chi connectivity index (χ0) is 13.1. The van der Waals surface area contributed by atoms with Crippen molar-refractivity contribution in [1.82, 2.24) is 4.90 Å². The number of amides is 1. The molecule has 1 amide bonds. The Kier molecular flexibility index (Phi) is 4.66. The van der Waals surface area contributed by atoms with Crippen LogP contribution < -0.4 is 5.73 Å². The zero-order valence-electron chi connectivity index (χ0n) is 11.9. The highest BCUT2D eigenvalue weighted by Gasteiger charge is 2.38. The van der Waals surface area contributed by atoms with E-state index in [1.807, 2.05) is 6.92 Å². The molecule has 2 fully saturated rings. The third-order valence-electron chi connectivity index (χ3n) is 4.76. The summed E-state index contributed by atoms with van der Waals surface area (Å²) in [5.41, 5.74) is 5.74. The van der Waals surface area contributed by atoms with Crippen LogP contribution in [0.3, 0.4) is 0 Å². The maximum atomic E-state index is 12.3. The van der Waals surface area contributed by atoms with Crippen molar-refractivity contribution >= 4 is 5.91 Å². The molecular formula is C15H28N2O. The summed E-state index contributed by atoms with van der Waals surface area (Å²) in [5.74, 6) is 2.19. The maximum Gasteiger partial charge on any atom is 0.225 e. The van der Waals surface area contributed by atoms with Crippen molar-refractivity contribution < 1.29 is 4.79 Å². The quantitative estimate of drug-likeness (QED) is 0.816. The highest BCUT2D eigenvalue weighted by Crippen LogP contribution is 2.38. The van der Waals surface area contributed by atoms with Crippen molar-refractivity contribution in [2.24, 2.45) is 23.5 Å². The number of hydrogen-bond donors (Lipinski definition) is 1. The number of nitrogens with two attached hydrogens (primary N) is 1. The Bertz CT molecular complexity index is 278. The van der Waals surface area contributed by atoms with Gasteiger partial charge in [0.05, 0.1) is 0 Å². The second-order valence-electron chi connectivity index (χ2n) is 6.50. The van der Waals surface area contributed by atoms with Crippen LogP contribution in [0.2, 0.25) is 0 Å². The first-order valence-corrected chi connectivity index (χ1v) is 7.62. The number of likely N-dealkylation sites (tertiary alicyclic amines) is 1. The van der Waals surface area contributed by atoms with E-state index < -0.39 is 0 Å². The molecule has 18 heavy (non-hydrogen) atoms. The van der Waals surface area contributed by atoms with Gasteiger partial charge in [-0.15, -0.1) is 0 Å². The van der Waals surface area contributed by atoms with Crippen molar-refractivity contribution in [3.63, 3.8) is 0 Å². The average molecular weight is 252 g/mol. The Balaban J connectivity index is 1.74. The van der Waals surface area contributed by atoms with Gasteiger partial charge in [0.1, 0.15) is 0 Å². The van der Waals surface area contributed by atoms with Crippen LogP contribution in [-0.2, 0) is 4.79 Å². The smallest absolute Gasteiger partial charge is 0.225 e. The summed E-state index contributed by atoms with van der Waals surface area (Å²) >= 11 is 0. The summed E-state index contributed by atoms with van der Waals surface area (Å²) in [6.07, 6.45) is 7.16. The topological polar surface area (TPSA) is 46.3 Å². The zero-order valence-corrected chi connectivity index (χ0v) is 11.9. The molecule has 1 aliphatic carbocycles. The molecule has 4 atom stereocenters. The van der Waals surface area contributed by atoms with Gasteiger partial charge in [-0.1, -0.05) is 19.8 Å². The molecule has 3 nitrogen and oxygen atoms in total. The van der Waals surface area contributed by atoms with Crippen molar-refractivity contribution in [2.75, 3.05) is 13.1 Å². The third-order valence-corrected chi connectivity index (χ3v) is 4.76. The average Bonchev–Trinajstić information content (AvgIpc) is 2.87. The fraction of sp³-hybridized carbons (Fsp3) is 0.933. The van der Waals surface area contributed by atoms with Crippen LogP contribution >= 0.6 is 0 Å². The Morgan fingerprint density at radius 1 is 1.22 bits per heavy atom. The van der Waals surface area contributed by atoms with Crippen LogP contribution in [0.25, 0.3) is 0 Å². The van der Waals surface area contributed by atoms with Gasteiger partial charge in [0.2, 0.25) is 5.91 Å². The molecule has 0 spiro atoms. The molecule has 0 radical (unpaired) electrons.